The van der Waals surface area contributed by atoms with Crippen molar-refractivity contribution in [2.24, 2.45) is 16.5 Å². The van der Waals surface area contributed by atoms with E-state index in [1.807, 2.05) is 24.3 Å². The van der Waals surface area contributed by atoms with Crippen molar-refractivity contribution in [2.75, 3.05) is 26.3 Å². The average molecular weight is 556 g/mol. The zero-order chi connectivity index (χ0) is 27.8. The van der Waals surface area contributed by atoms with E-state index in [-0.39, 0.29) is 10.9 Å². The van der Waals surface area contributed by atoms with Gasteiger partial charge in [-0.1, -0.05) is 23.7 Å². The van der Waals surface area contributed by atoms with Crippen LogP contribution in [0.5, 0.6) is 0 Å². The molecule has 0 saturated carbocycles. The number of aromatic amines is 1. The van der Waals surface area contributed by atoms with Gasteiger partial charge in [-0.3, -0.25) is 9.56 Å². The Bertz CT molecular complexity index is 1500. The molecule has 4 aromatic rings. The first kappa shape index (κ1) is 28.4. The number of fused-ring (bicyclic) bond motifs is 1. The highest BCUT2D eigenvalue weighted by Crippen LogP contribution is 2.31. The quantitative estimate of drug-likeness (QED) is 0.111. The molecule has 206 valence electrons. The summed E-state index contributed by atoms with van der Waals surface area (Å²) in [6.07, 6.45) is 4.92. The number of hydrogen-bond donors (Lipinski definition) is 4. The molecule has 8 nitrogen and oxygen atoms in total. The number of hydrogen-bond acceptors (Lipinski definition) is 5. The molecule has 0 aliphatic heterocycles. The molecule has 0 spiro atoms. The first-order valence-electron chi connectivity index (χ1n) is 12.8. The van der Waals surface area contributed by atoms with E-state index in [1.165, 1.54) is 4.57 Å². The number of aryl methyl sites for hydroxylation is 1. The number of nitrogens with one attached hydrogen (secondary N) is 2. The van der Waals surface area contributed by atoms with Gasteiger partial charge in [-0.15, -0.1) is 0 Å². The van der Waals surface area contributed by atoms with Crippen LogP contribution in [-0.4, -0.2) is 46.7 Å². The Balaban J connectivity index is 1.49. The summed E-state index contributed by atoms with van der Waals surface area (Å²) in [4.78, 5) is 24.0. The minimum absolute atomic E-state index is 0.0178. The third-order valence-electron chi connectivity index (χ3n) is 6.31. The Morgan fingerprint density at radius 1 is 1.13 bits per heavy atom. The summed E-state index contributed by atoms with van der Waals surface area (Å²) in [5.41, 5.74) is 14.3. The zero-order valence-electron chi connectivity index (χ0n) is 21.5. The Morgan fingerprint density at radius 3 is 2.67 bits per heavy atom. The molecule has 39 heavy (non-hydrogen) atoms. The van der Waals surface area contributed by atoms with Crippen molar-refractivity contribution in [3.63, 3.8) is 0 Å². The number of amidine groups is 1. The lowest BCUT2D eigenvalue weighted by atomic mass is 10.0. The lowest BCUT2D eigenvalue weighted by Gasteiger charge is -2.08. The summed E-state index contributed by atoms with van der Waals surface area (Å²) >= 11 is 6.18. The lowest BCUT2D eigenvalue weighted by Crippen LogP contribution is -2.20. The van der Waals surface area contributed by atoms with Crippen molar-refractivity contribution < 1.29 is 8.78 Å². The van der Waals surface area contributed by atoms with E-state index in [1.54, 1.807) is 24.4 Å². The zero-order valence-corrected chi connectivity index (χ0v) is 22.3. The van der Waals surface area contributed by atoms with Crippen molar-refractivity contribution in [3.8, 4) is 16.9 Å². The Kier molecular flexibility index (Phi) is 9.80. The molecule has 11 heteroatoms. The maximum absolute atomic E-state index is 15.0. The fraction of sp³-hybridized carbons (Fsp3) is 0.321. The minimum atomic E-state index is -0.728. The van der Waals surface area contributed by atoms with E-state index >= 15 is 0 Å². The van der Waals surface area contributed by atoms with Crippen LogP contribution in [0, 0.1) is 5.82 Å². The lowest BCUT2D eigenvalue weighted by molar-refractivity contribution is 0.576. The van der Waals surface area contributed by atoms with Crippen LogP contribution in [0.1, 0.15) is 30.4 Å². The van der Waals surface area contributed by atoms with Crippen LogP contribution in [0.25, 0.3) is 28.0 Å². The van der Waals surface area contributed by atoms with Crippen LogP contribution in [0.2, 0.25) is 5.02 Å². The molecule has 0 bridgehead atoms. The van der Waals surface area contributed by atoms with Crippen molar-refractivity contribution >= 4 is 28.5 Å². The second-order valence-corrected chi connectivity index (χ2v) is 9.68. The molecule has 6 N–H and O–H groups in total. The molecule has 0 saturated heterocycles. The molecular formula is C28H32ClF2N7O. The molecule has 2 aromatic carbocycles. The number of alkyl halides is 1. The summed E-state index contributed by atoms with van der Waals surface area (Å²) in [7, 11) is 0. The minimum Gasteiger partial charge on any atom is -0.385 e. The predicted octanol–water partition coefficient (Wildman–Crippen LogP) is 4.26. The molecule has 0 aliphatic carbocycles. The molecular weight excluding hydrogens is 524 g/mol. The molecule has 2 heterocycles. The summed E-state index contributed by atoms with van der Waals surface area (Å²) < 4.78 is 28.7. The topological polar surface area (TPSA) is 127 Å². The number of benzene rings is 2. The monoisotopic (exact) mass is 555 g/mol. The van der Waals surface area contributed by atoms with Gasteiger partial charge in [0.05, 0.1) is 16.4 Å². The first-order chi connectivity index (χ1) is 18.9. The number of nitrogens with two attached hydrogens (primary N) is 2. The molecule has 0 aliphatic rings. The van der Waals surface area contributed by atoms with Crippen LogP contribution in [0.4, 0.5) is 8.78 Å². The molecule has 0 radical (unpaired) electrons. The summed E-state index contributed by atoms with van der Waals surface area (Å²) in [6, 6.07) is 12.7. The fourth-order valence-corrected chi connectivity index (χ4v) is 4.50. The highest BCUT2D eigenvalue weighted by Gasteiger charge is 2.15. The highest BCUT2D eigenvalue weighted by molar-refractivity contribution is 6.31. The van der Waals surface area contributed by atoms with Crippen molar-refractivity contribution in [1.82, 2.24) is 19.9 Å². The number of unbranched alkanes of at least 4 members (excludes halogenated alkanes) is 1. The standard InChI is InChI=1S/C28H32ClF2N7O/c29-23-13-19(4-1-2-9-32)12-22(26(23)31)24-14-20-17-38(28(39)37-27(20)36-24)21-7-5-18(6-8-21)16-34-10-3-11-35-25(33)15-30/h5-8,12-14,17,34H,1-4,9-11,15-16,32H2,(H2,33,35)(H,36,37,39). The van der Waals surface area contributed by atoms with Gasteiger partial charge in [0.1, 0.15) is 18.2 Å². The summed E-state index contributed by atoms with van der Waals surface area (Å²) in [5.74, 6) is -0.508. The normalized spacial score (nSPS) is 11.9. The SMILES string of the molecule is NCCCCc1cc(Cl)c(F)c(-c2cc3cn(-c4ccc(CNCCCN=C(N)CF)cc4)c(=O)nc3[nH]2)c1. The van der Waals surface area contributed by atoms with Crippen LogP contribution in [0.15, 0.2) is 58.4 Å². The molecule has 0 fully saturated rings. The van der Waals surface area contributed by atoms with Gasteiger partial charge in [-0.05, 0) is 80.2 Å². The van der Waals surface area contributed by atoms with Gasteiger partial charge >= 0.3 is 5.69 Å². The van der Waals surface area contributed by atoms with E-state index < -0.39 is 18.2 Å². The second kappa shape index (κ2) is 13.5. The van der Waals surface area contributed by atoms with Crippen LogP contribution in [0.3, 0.4) is 0 Å². The van der Waals surface area contributed by atoms with E-state index in [0.29, 0.717) is 54.2 Å². The van der Waals surface area contributed by atoms with Crippen LogP contribution >= 0.6 is 11.6 Å². The maximum Gasteiger partial charge on any atom is 0.354 e. The summed E-state index contributed by atoms with van der Waals surface area (Å²) in [6.45, 7) is 1.69. The maximum atomic E-state index is 15.0. The highest BCUT2D eigenvalue weighted by atomic mass is 35.5. The number of H-pyrrole nitrogens is 1. The van der Waals surface area contributed by atoms with Crippen LogP contribution in [-0.2, 0) is 13.0 Å². The number of halogens is 3. The first-order valence-corrected chi connectivity index (χ1v) is 13.2. The van der Waals surface area contributed by atoms with Gasteiger partial charge in [-0.25, -0.2) is 13.6 Å². The number of rotatable bonds is 13. The van der Waals surface area contributed by atoms with Gasteiger partial charge < -0.3 is 21.8 Å². The Labute approximate surface area is 230 Å². The molecule has 0 unspecified atom stereocenters. The fourth-order valence-electron chi connectivity index (χ4n) is 4.26. The van der Waals surface area contributed by atoms with E-state index in [9.17, 15) is 13.6 Å². The van der Waals surface area contributed by atoms with Gasteiger partial charge in [0.2, 0.25) is 0 Å². The number of aliphatic imine (C=N–C) groups is 1. The van der Waals surface area contributed by atoms with E-state index in [4.69, 9.17) is 23.1 Å². The predicted molar refractivity (Wildman–Crippen MR) is 153 cm³/mol. The smallest absolute Gasteiger partial charge is 0.354 e. The second-order valence-electron chi connectivity index (χ2n) is 9.27. The van der Waals surface area contributed by atoms with E-state index in [0.717, 1.165) is 36.8 Å². The molecule has 0 amide bonds. The molecule has 4 rings (SSSR count). The van der Waals surface area contributed by atoms with Gasteiger partial charge in [0.25, 0.3) is 0 Å². The largest absolute Gasteiger partial charge is 0.385 e. The summed E-state index contributed by atoms with van der Waals surface area (Å²) in [5, 5.41) is 4.01. The molecule has 0 atom stereocenters. The van der Waals surface area contributed by atoms with E-state index in [2.05, 4.69) is 20.3 Å². The average Bonchev–Trinajstić information content (AvgIpc) is 3.34. The van der Waals surface area contributed by atoms with Gasteiger partial charge in [-0.2, -0.15) is 4.98 Å². The van der Waals surface area contributed by atoms with Crippen molar-refractivity contribution in [2.45, 2.75) is 32.2 Å². The van der Waals surface area contributed by atoms with Crippen LogP contribution < -0.4 is 22.5 Å². The van der Waals surface area contributed by atoms with Crippen molar-refractivity contribution in [3.05, 3.63) is 81.1 Å². The Morgan fingerprint density at radius 2 is 1.92 bits per heavy atom. The molecule has 2 aromatic heterocycles. The van der Waals surface area contributed by atoms with Crippen molar-refractivity contribution in [1.29, 1.82) is 0 Å². The van der Waals surface area contributed by atoms with Gasteiger partial charge in [0.15, 0.2) is 5.82 Å². The third-order valence-corrected chi connectivity index (χ3v) is 6.59. The third kappa shape index (κ3) is 7.29. The number of aromatic nitrogens is 3. The number of nitrogens with zero attached hydrogens (tertiary/aromatic N) is 3. The van der Waals surface area contributed by atoms with Gasteiger partial charge in [0, 0.05) is 30.2 Å². The Hall–Kier alpha value is -3.60.